The number of nitrogens with one attached hydrogen (secondary N) is 1. The van der Waals surface area contributed by atoms with Gasteiger partial charge in [0.25, 0.3) is 0 Å². The Morgan fingerprint density at radius 1 is 1.10 bits per heavy atom. The van der Waals surface area contributed by atoms with Gasteiger partial charge < -0.3 is 10.4 Å². The van der Waals surface area contributed by atoms with Crippen LogP contribution < -0.4 is 5.32 Å². The molecule has 162 valence electrons. The Morgan fingerprint density at radius 2 is 1.83 bits per heavy atom. The maximum atomic E-state index is 10.2. The molecule has 0 aromatic heterocycles. The van der Waals surface area contributed by atoms with E-state index in [1.807, 2.05) is 12.1 Å². The van der Waals surface area contributed by atoms with Gasteiger partial charge in [-0.05, 0) is 77.4 Å². The molecule has 2 nitrogen and oxygen atoms in total. The van der Waals surface area contributed by atoms with Gasteiger partial charge in [-0.2, -0.15) is 0 Å². The third kappa shape index (κ3) is 4.04. The van der Waals surface area contributed by atoms with Crippen molar-refractivity contribution in [1.82, 2.24) is 5.32 Å². The second-order valence-corrected chi connectivity index (χ2v) is 11.1. The minimum absolute atomic E-state index is 0.0951. The molecule has 1 saturated carbocycles. The molecule has 0 aliphatic heterocycles. The first-order valence-electron chi connectivity index (χ1n) is 11.8. The molecule has 0 amide bonds. The Labute approximate surface area is 183 Å². The maximum absolute atomic E-state index is 10.2. The number of fused-ring (bicyclic) bond motifs is 4. The standard InChI is InChI=1S/C28H39NO/c1-19-7-6-15-28(5)25-18-23(30)13-10-21(25)17-24(19)26(28)29-16-14-20-8-11-22(12-9-20)27(2,3)4/h8-13,18-19,24,26,29-30H,6-7,14-17H2,1-5H3. The Balaban J connectivity index is 1.52. The Morgan fingerprint density at radius 3 is 2.53 bits per heavy atom. The van der Waals surface area contributed by atoms with Gasteiger partial charge in [0, 0.05) is 11.5 Å². The fourth-order valence-corrected chi connectivity index (χ4v) is 6.03. The predicted molar refractivity (Wildman–Crippen MR) is 126 cm³/mol. The monoisotopic (exact) mass is 405 g/mol. The molecule has 0 radical (unpaired) electrons. The lowest BCUT2D eigenvalue weighted by Crippen LogP contribution is -2.55. The molecular weight excluding hydrogens is 366 g/mol. The van der Waals surface area contributed by atoms with E-state index < -0.39 is 0 Å². The summed E-state index contributed by atoms with van der Waals surface area (Å²) >= 11 is 0. The van der Waals surface area contributed by atoms with Gasteiger partial charge in [0.05, 0.1) is 0 Å². The van der Waals surface area contributed by atoms with Crippen LogP contribution in [-0.4, -0.2) is 17.7 Å². The smallest absolute Gasteiger partial charge is 0.115 e. The number of aromatic hydroxyl groups is 1. The van der Waals surface area contributed by atoms with E-state index in [0.29, 0.717) is 17.7 Å². The summed E-state index contributed by atoms with van der Waals surface area (Å²) in [5.41, 5.74) is 5.93. The van der Waals surface area contributed by atoms with E-state index in [2.05, 4.69) is 70.3 Å². The SMILES string of the molecule is CC1CCCC2(C)c3cc(O)ccc3CC1C2NCCc1ccc(C(C)(C)C)cc1. The summed E-state index contributed by atoms with van der Waals surface area (Å²) in [5.74, 6) is 1.80. The van der Waals surface area contributed by atoms with Crippen molar-refractivity contribution in [3.8, 4) is 5.75 Å². The van der Waals surface area contributed by atoms with E-state index in [4.69, 9.17) is 0 Å². The molecule has 0 heterocycles. The van der Waals surface area contributed by atoms with Crippen LogP contribution in [0.15, 0.2) is 42.5 Å². The first-order valence-corrected chi connectivity index (χ1v) is 11.8. The highest BCUT2D eigenvalue weighted by Gasteiger charge is 2.48. The van der Waals surface area contributed by atoms with Crippen LogP contribution in [0, 0.1) is 11.8 Å². The maximum Gasteiger partial charge on any atom is 0.115 e. The van der Waals surface area contributed by atoms with Crippen molar-refractivity contribution < 1.29 is 5.11 Å². The summed E-state index contributed by atoms with van der Waals surface area (Å²) in [6.07, 6.45) is 5.97. The fourth-order valence-electron chi connectivity index (χ4n) is 6.03. The normalized spacial score (nSPS) is 28.6. The van der Waals surface area contributed by atoms with Crippen LogP contribution >= 0.6 is 0 Å². The molecular formula is C28H39NO. The largest absolute Gasteiger partial charge is 0.508 e. The van der Waals surface area contributed by atoms with Crippen molar-refractivity contribution in [3.05, 3.63) is 64.7 Å². The molecule has 4 unspecified atom stereocenters. The van der Waals surface area contributed by atoms with Gasteiger partial charge in [-0.3, -0.25) is 0 Å². The molecule has 2 aromatic carbocycles. The van der Waals surface area contributed by atoms with Gasteiger partial charge in [0.2, 0.25) is 0 Å². The van der Waals surface area contributed by atoms with Crippen molar-refractivity contribution in [2.24, 2.45) is 11.8 Å². The molecule has 30 heavy (non-hydrogen) atoms. The van der Waals surface area contributed by atoms with Crippen LogP contribution in [0.3, 0.4) is 0 Å². The summed E-state index contributed by atoms with van der Waals surface area (Å²) in [4.78, 5) is 0. The quantitative estimate of drug-likeness (QED) is 0.640. The lowest BCUT2D eigenvalue weighted by atomic mass is 9.61. The zero-order chi connectivity index (χ0) is 21.5. The van der Waals surface area contributed by atoms with Gasteiger partial charge in [0.1, 0.15) is 5.75 Å². The van der Waals surface area contributed by atoms with Gasteiger partial charge in [-0.25, -0.2) is 0 Å². The highest BCUT2D eigenvalue weighted by molar-refractivity contribution is 5.44. The summed E-state index contributed by atoms with van der Waals surface area (Å²) in [5, 5.41) is 14.2. The predicted octanol–water partition coefficient (Wildman–Crippen LogP) is 6.14. The van der Waals surface area contributed by atoms with Crippen LogP contribution in [-0.2, 0) is 23.7 Å². The van der Waals surface area contributed by atoms with E-state index in [1.54, 1.807) is 0 Å². The lowest BCUT2D eigenvalue weighted by molar-refractivity contribution is 0.178. The number of benzene rings is 2. The van der Waals surface area contributed by atoms with Crippen LogP contribution in [0.5, 0.6) is 5.75 Å². The van der Waals surface area contributed by atoms with Crippen molar-refractivity contribution in [2.75, 3.05) is 6.54 Å². The van der Waals surface area contributed by atoms with E-state index in [-0.39, 0.29) is 10.8 Å². The molecule has 0 saturated heterocycles. The zero-order valence-electron chi connectivity index (χ0n) is 19.5. The lowest BCUT2D eigenvalue weighted by Gasteiger charge is -2.48. The summed E-state index contributed by atoms with van der Waals surface area (Å²) in [6, 6.07) is 15.7. The minimum atomic E-state index is 0.0951. The molecule has 2 aromatic rings. The number of phenolic OH excluding ortho intramolecular Hbond substituents is 1. The van der Waals surface area contributed by atoms with E-state index >= 15 is 0 Å². The van der Waals surface area contributed by atoms with Crippen molar-refractivity contribution in [2.45, 2.75) is 83.6 Å². The number of hydrogen-bond acceptors (Lipinski definition) is 2. The van der Waals surface area contributed by atoms with Gasteiger partial charge in [-0.1, -0.05) is 77.8 Å². The molecule has 1 fully saturated rings. The van der Waals surface area contributed by atoms with Crippen LogP contribution in [0.2, 0.25) is 0 Å². The van der Waals surface area contributed by atoms with Crippen molar-refractivity contribution in [3.63, 3.8) is 0 Å². The average molecular weight is 406 g/mol. The Hall–Kier alpha value is -1.80. The van der Waals surface area contributed by atoms with Crippen molar-refractivity contribution >= 4 is 0 Å². The number of rotatable bonds is 4. The highest BCUT2D eigenvalue weighted by atomic mass is 16.3. The molecule has 2 heteroatoms. The molecule has 0 spiro atoms. The molecule has 2 bridgehead atoms. The summed E-state index contributed by atoms with van der Waals surface area (Å²) < 4.78 is 0. The summed E-state index contributed by atoms with van der Waals surface area (Å²) in [7, 11) is 0. The fraction of sp³-hybridized carbons (Fsp3) is 0.571. The summed E-state index contributed by atoms with van der Waals surface area (Å²) in [6.45, 7) is 12.7. The zero-order valence-corrected chi connectivity index (χ0v) is 19.5. The molecule has 2 aliphatic carbocycles. The Bertz CT molecular complexity index is 879. The first-order chi connectivity index (χ1) is 14.2. The van der Waals surface area contributed by atoms with Crippen LogP contribution in [0.1, 0.15) is 76.1 Å². The Kier molecular flexibility index (Phi) is 5.74. The number of hydrogen-bond donors (Lipinski definition) is 2. The third-order valence-electron chi connectivity index (χ3n) is 7.96. The van der Waals surface area contributed by atoms with Gasteiger partial charge in [-0.15, -0.1) is 0 Å². The van der Waals surface area contributed by atoms with E-state index in [1.165, 1.54) is 41.5 Å². The van der Waals surface area contributed by atoms with E-state index in [0.717, 1.165) is 25.3 Å². The second-order valence-electron chi connectivity index (χ2n) is 11.1. The topological polar surface area (TPSA) is 32.3 Å². The van der Waals surface area contributed by atoms with E-state index in [9.17, 15) is 5.11 Å². The molecule has 4 atom stereocenters. The van der Waals surface area contributed by atoms with Crippen LogP contribution in [0.4, 0.5) is 0 Å². The average Bonchev–Trinajstić information content (AvgIpc) is 2.77. The molecule has 2 aliphatic rings. The minimum Gasteiger partial charge on any atom is -0.508 e. The highest BCUT2D eigenvalue weighted by Crippen LogP contribution is 2.49. The second kappa shape index (κ2) is 8.04. The third-order valence-corrected chi connectivity index (χ3v) is 7.96. The van der Waals surface area contributed by atoms with Gasteiger partial charge in [0.15, 0.2) is 0 Å². The first kappa shape index (κ1) is 21.4. The number of phenols is 1. The van der Waals surface area contributed by atoms with Gasteiger partial charge >= 0.3 is 0 Å². The molecule has 4 rings (SSSR count). The molecule has 2 N–H and O–H groups in total. The van der Waals surface area contributed by atoms with Crippen molar-refractivity contribution in [1.29, 1.82) is 0 Å². The van der Waals surface area contributed by atoms with Crippen LogP contribution in [0.25, 0.3) is 0 Å².